The van der Waals surface area contributed by atoms with Crippen LogP contribution in [-0.4, -0.2) is 69.6 Å². The highest BCUT2D eigenvalue weighted by Crippen LogP contribution is 2.31. The average Bonchev–Trinajstić information content (AvgIpc) is 2.93. The van der Waals surface area contributed by atoms with Crippen molar-refractivity contribution >= 4 is 17.8 Å². The van der Waals surface area contributed by atoms with E-state index in [1.807, 2.05) is 0 Å². The maximum absolute atomic E-state index is 12.8. The van der Waals surface area contributed by atoms with Crippen molar-refractivity contribution in [3.63, 3.8) is 0 Å². The fourth-order valence-electron chi connectivity index (χ4n) is 4.31. The van der Waals surface area contributed by atoms with Crippen LogP contribution in [0.4, 0.5) is 0 Å². The van der Waals surface area contributed by atoms with Crippen LogP contribution in [-0.2, 0) is 9.59 Å². The summed E-state index contributed by atoms with van der Waals surface area (Å²) < 4.78 is 0. The molecule has 3 fully saturated rings. The second-order valence-electron chi connectivity index (χ2n) is 7.28. The summed E-state index contributed by atoms with van der Waals surface area (Å²) >= 11 is 0. The molecule has 9 heteroatoms. The second-order valence-corrected chi connectivity index (χ2v) is 7.28. The number of nitrogens with one attached hydrogen (secondary N) is 2. The number of piperidine rings is 1. The molecule has 0 aliphatic carbocycles. The van der Waals surface area contributed by atoms with Gasteiger partial charge in [0.2, 0.25) is 11.8 Å². The zero-order valence-corrected chi connectivity index (χ0v) is 14.4. The third kappa shape index (κ3) is 3.43. The van der Waals surface area contributed by atoms with Gasteiger partial charge in [-0.3, -0.25) is 15.0 Å². The summed E-state index contributed by atoms with van der Waals surface area (Å²) in [6.07, 6.45) is 4.19. The van der Waals surface area contributed by atoms with E-state index in [9.17, 15) is 14.7 Å². The van der Waals surface area contributed by atoms with E-state index in [-0.39, 0.29) is 23.8 Å². The molecule has 25 heavy (non-hydrogen) atoms. The summed E-state index contributed by atoms with van der Waals surface area (Å²) in [7, 11) is 0. The summed E-state index contributed by atoms with van der Waals surface area (Å²) in [5.74, 6) is -0.602. The van der Waals surface area contributed by atoms with Crippen LogP contribution >= 0.6 is 0 Å². The third-order valence-electron chi connectivity index (χ3n) is 5.66. The van der Waals surface area contributed by atoms with Gasteiger partial charge in [0.05, 0.1) is 12.1 Å². The van der Waals surface area contributed by atoms with E-state index in [0.29, 0.717) is 25.8 Å². The zero-order valence-electron chi connectivity index (χ0n) is 14.4. The van der Waals surface area contributed by atoms with Gasteiger partial charge in [-0.15, -0.1) is 0 Å². The van der Waals surface area contributed by atoms with E-state index in [1.165, 1.54) is 4.90 Å². The van der Waals surface area contributed by atoms with Gasteiger partial charge in [0.25, 0.3) is 0 Å². The second kappa shape index (κ2) is 7.17. The maximum Gasteiger partial charge on any atom is 0.243 e. The lowest BCUT2D eigenvalue weighted by Crippen LogP contribution is -2.61. The Hall–Kier alpha value is -1.87. The molecule has 0 aromatic carbocycles. The molecule has 3 rings (SSSR count). The minimum Gasteiger partial charge on any atom is -0.371 e. The Morgan fingerprint density at radius 1 is 1.20 bits per heavy atom. The first-order chi connectivity index (χ1) is 11.9. The molecule has 9 nitrogen and oxygen atoms in total. The molecule has 7 N–H and O–H groups in total. The van der Waals surface area contributed by atoms with Crippen molar-refractivity contribution in [1.82, 2.24) is 15.1 Å². The van der Waals surface area contributed by atoms with Crippen molar-refractivity contribution in [2.24, 2.45) is 11.5 Å². The van der Waals surface area contributed by atoms with E-state index in [0.717, 1.165) is 25.7 Å². The fraction of sp³-hybridized carbons (Fsp3) is 0.812. The quantitative estimate of drug-likeness (QED) is 0.306. The van der Waals surface area contributed by atoms with Crippen molar-refractivity contribution in [2.75, 3.05) is 6.54 Å². The Labute approximate surface area is 147 Å². The number of aliphatic hydroxyl groups is 1. The molecule has 0 spiro atoms. The number of fused-ring (bicyclic) bond motifs is 1. The monoisotopic (exact) mass is 352 g/mol. The van der Waals surface area contributed by atoms with Crippen molar-refractivity contribution in [2.45, 2.75) is 75.3 Å². The number of aliphatic hydroxyl groups excluding tert-OH is 1. The molecule has 0 aromatic heterocycles. The molecule has 3 aliphatic rings. The molecule has 3 saturated heterocycles. The summed E-state index contributed by atoms with van der Waals surface area (Å²) in [5.41, 5.74) is 11.4. The van der Waals surface area contributed by atoms with Gasteiger partial charge in [-0.25, -0.2) is 0 Å². The largest absolute Gasteiger partial charge is 0.371 e. The summed E-state index contributed by atoms with van der Waals surface area (Å²) in [6.45, 7) is 0.494. The van der Waals surface area contributed by atoms with Crippen LogP contribution < -0.4 is 16.8 Å². The first kappa shape index (κ1) is 17.9. The summed E-state index contributed by atoms with van der Waals surface area (Å²) in [6, 6.07) is -1.48. The van der Waals surface area contributed by atoms with E-state index in [1.54, 1.807) is 4.90 Å². The van der Waals surface area contributed by atoms with Gasteiger partial charge >= 0.3 is 0 Å². The Morgan fingerprint density at radius 3 is 2.68 bits per heavy atom. The molecular weight excluding hydrogens is 324 g/mol. The summed E-state index contributed by atoms with van der Waals surface area (Å²) in [5, 5.41) is 20.7. The Balaban J connectivity index is 1.68. The van der Waals surface area contributed by atoms with E-state index < -0.39 is 24.4 Å². The van der Waals surface area contributed by atoms with Crippen LogP contribution in [0, 0.1) is 5.41 Å². The third-order valence-corrected chi connectivity index (χ3v) is 5.66. The fourth-order valence-corrected chi connectivity index (χ4v) is 4.31. The Kier molecular flexibility index (Phi) is 5.14. The highest BCUT2D eigenvalue weighted by Gasteiger charge is 2.44. The molecule has 0 unspecified atom stereocenters. The number of carbonyl (C=O) groups is 2. The SMILES string of the molecule is N=C(N)N1CCC[C@H](NC(=O)[C@@H]2CC[C@@H]3CCC[C@@H](N)C(=O)N32)[C@@H]1O. The molecule has 3 aliphatic heterocycles. The number of guanidine groups is 1. The van der Waals surface area contributed by atoms with E-state index >= 15 is 0 Å². The first-order valence-corrected chi connectivity index (χ1v) is 9.07. The van der Waals surface area contributed by atoms with Crippen molar-refractivity contribution in [3.05, 3.63) is 0 Å². The predicted molar refractivity (Wildman–Crippen MR) is 91.3 cm³/mol. The number of nitrogens with zero attached hydrogens (tertiary/aromatic N) is 2. The van der Waals surface area contributed by atoms with Crippen LogP contribution in [0.2, 0.25) is 0 Å². The van der Waals surface area contributed by atoms with Crippen molar-refractivity contribution in [3.8, 4) is 0 Å². The van der Waals surface area contributed by atoms with Gasteiger partial charge in [0, 0.05) is 12.6 Å². The number of hydrogen-bond acceptors (Lipinski definition) is 5. The molecule has 5 atom stereocenters. The number of nitrogens with two attached hydrogens (primary N) is 2. The van der Waals surface area contributed by atoms with Crippen molar-refractivity contribution < 1.29 is 14.7 Å². The number of rotatable bonds is 2. The zero-order chi connectivity index (χ0) is 18.1. The highest BCUT2D eigenvalue weighted by atomic mass is 16.3. The van der Waals surface area contributed by atoms with Gasteiger partial charge in [-0.1, -0.05) is 0 Å². The van der Waals surface area contributed by atoms with Gasteiger partial charge in [0.15, 0.2) is 5.96 Å². The number of carbonyl (C=O) groups excluding carboxylic acids is 2. The minimum absolute atomic E-state index is 0.0850. The summed E-state index contributed by atoms with van der Waals surface area (Å²) in [4.78, 5) is 28.4. The van der Waals surface area contributed by atoms with Crippen LogP contribution in [0.1, 0.15) is 44.9 Å². The van der Waals surface area contributed by atoms with Crippen LogP contribution in [0.25, 0.3) is 0 Å². The molecule has 0 aromatic rings. The lowest BCUT2D eigenvalue weighted by Gasteiger charge is -2.39. The first-order valence-electron chi connectivity index (χ1n) is 9.07. The Morgan fingerprint density at radius 2 is 1.96 bits per heavy atom. The molecule has 0 radical (unpaired) electrons. The standard InChI is InChI=1S/C16H28N6O3/c17-10-4-1-3-9-6-7-12(22(9)14(10)24)13(23)20-11-5-2-8-21(15(11)25)16(18)19/h9-12,15,25H,1-8,17H2,(H3,18,19)(H,20,23)/t9-,10+,11-,12-,15-/m0/s1. The average molecular weight is 352 g/mol. The normalized spacial score (nSPS) is 35.9. The minimum atomic E-state index is -1.02. The highest BCUT2D eigenvalue weighted by molar-refractivity contribution is 5.91. The smallest absolute Gasteiger partial charge is 0.243 e. The maximum atomic E-state index is 12.8. The van der Waals surface area contributed by atoms with E-state index in [4.69, 9.17) is 16.9 Å². The van der Waals surface area contributed by atoms with Gasteiger partial charge in [-0.2, -0.15) is 0 Å². The van der Waals surface area contributed by atoms with Crippen LogP contribution in [0.3, 0.4) is 0 Å². The molecule has 0 bridgehead atoms. The van der Waals surface area contributed by atoms with Crippen LogP contribution in [0.15, 0.2) is 0 Å². The van der Waals surface area contributed by atoms with Crippen molar-refractivity contribution in [1.29, 1.82) is 5.41 Å². The van der Waals surface area contributed by atoms with Gasteiger partial charge in [0.1, 0.15) is 12.3 Å². The molecule has 0 saturated carbocycles. The number of amides is 2. The lowest BCUT2D eigenvalue weighted by molar-refractivity contribution is -0.142. The molecule has 3 heterocycles. The number of hydrogen-bond donors (Lipinski definition) is 5. The predicted octanol–water partition coefficient (Wildman–Crippen LogP) is -1.35. The van der Waals surface area contributed by atoms with Gasteiger partial charge in [-0.05, 0) is 44.9 Å². The number of likely N-dealkylation sites (tertiary alicyclic amines) is 1. The van der Waals surface area contributed by atoms with Crippen LogP contribution in [0.5, 0.6) is 0 Å². The lowest BCUT2D eigenvalue weighted by atomic mass is 10.0. The van der Waals surface area contributed by atoms with E-state index in [2.05, 4.69) is 5.32 Å². The molecule has 2 amide bonds. The Bertz CT molecular complexity index is 556. The topological polar surface area (TPSA) is 149 Å². The molecule has 140 valence electrons. The molecular formula is C16H28N6O3. The van der Waals surface area contributed by atoms with Gasteiger partial charge < -0.3 is 31.7 Å².